The zero-order chi connectivity index (χ0) is 17.5. The van der Waals surface area contributed by atoms with Crippen molar-refractivity contribution in [3.63, 3.8) is 0 Å². The van der Waals surface area contributed by atoms with Crippen LogP contribution in [0.1, 0.15) is 12.5 Å². The van der Waals surface area contributed by atoms with Crippen molar-refractivity contribution < 1.29 is 28.2 Å². The summed E-state index contributed by atoms with van der Waals surface area (Å²) in [6.45, 7) is 1.70. The Hall–Kier alpha value is -1.11. The Kier molecular flexibility index (Phi) is 7.51. The first-order valence-corrected chi connectivity index (χ1v) is 8.72. The van der Waals surface area contributed by atoms with Gasteiger partial charge in [0.25, 0.3) is 0 Å². The number of aliphatic hydroxyl groups excluding tert-OH is 1. The predicted octanol–water partition coefficient (Wildman–Crippen LogP) is 2.03. The van der Waals surface area contributed by atoms with Gasteiger partial charge in [-0.05, 0) is 31.0 Å². The standard InChI is InChI=1S/C15H26NO6P/c1-15(11-17,23(18,21-4)22-5)16-9-8-12-6-7-13(19-2)14(10-12)20-3/h6-7,10,16-17H,8-9,11H2,1-5H3. The Morgan fingerprint density at radius 2 is 1.74 bits per heavy atom. The van der Waals surface area contributed by atoms with E-state index in [1.165, 1.54) is 14.2 Å². The molecule has 0 aliphatic rings. The fraction of sp³-hybridized carbons (Fsp3) is 0.600. The molecule has 0 aromatic heterocycles. The highest BCUT2D eigenvalue weighted by molar-refractivity contribution is 7.55. The van der Waals surface area contributed by atoms with Crippen LogP contribution in [0.4, 0.5) is 0 Å². The van der Waals surface area contributed by atoms with Gasteiger partial charge in [0.2, 0.25) is 0 Å². The number of ether oxygens (including phenoxy) is 2. The van der Waals surface area contributed by atoms with E-state index in [0.29, 0.717) is 24.5 Å². The van der Waals surface area contributed by atoms with Crippen LogP contribution in [0.5, 0.6) is 11.5 Å². The highest BCUT2D eigenvalue weighted by Gasteiger charge is 2.45. The van der Waals surface area contributed by atoms with Crippen molar-refractivity contribution in [3.05, 3.63) is 23.8 Å². The zero-order valence-electron chi connectivity index (χ0n) is 14.3. The Bertz CT molecular complexity index is 545. The molecule has 0 spiro atoms. The maximum absolute atomic E-state index is 12.5. The summed E-state index contributed by atoms with van der Waals surface area (Å²) in [5, 5.41) is 11.5. The van der Waals surface area contributed by atoms with Crippen molar-refractivity contribution in [2.75, 3.05) is 41.6 Å². The number of rotatable bonds is 10. The van der Waals surface area contributed by atoms with Crippen LogP contribution < -0.4 is 14.8 Å². The molecule has 0 heterocycles. The van der Waals surface area contributed by atoms with Crippen LogP contribution in [0.3, 0.4) is 0 Å². The molecule has 1 rings (SSSR count). The molecule has 0 radical (unpaired) electrons. The molecule has 23 heavy (non-hydrogen) atoms. The number of methoxy groups -OCH3 is 2. The average molecular weight is 347 g/mol. The second kappa shape index (κ2) is 8.66. The first kappa shape index (κ1) is 19.9. The first-order chi connectivity index (χ1) is 10.9. The molecule has 0 amide bonds. The number of nitrogens with one attached hydrogen (secondary N) is 1. The predicted molar refractivity (Wildman–Crippen MR) is 88.4 cm³/mol. The minimum atomic E-state index is -3.46. The molecule has 1 unspecified atom stereocenters. The topological polar surface area (TPSA) is 86.2 Å². The van der Waals surface area contributed by atoms with Crippen LogP contribution in [-0.2, 0) is 20.0 Å². The Balaban J connectivity index is 2.77. The first-order valence-electron chi connectivity index (χ1n) is 7.18. The normalized spacial score (nSPS) is 14.3. The summed E-state index contributed by atoms with van der Waals surface area (Å²) in [7, 11) is 2.30. The molecule has 0 saturated carbocycles. The average Bonchev–Trinajstić information content (AvgIpc) is 2.60. The van der Waals surface area contributed by atoms with Crippen LogP contribution in [0, 0.1) is 0 Å². The van der Waals surface area contributed by atoms with Gasteiger partial charge in [-0.2, -0.15) is 0 Å². The van der Waals surface area contributed by atoms with Gasteiger partial charge in [-0.3, -0.25) is 9.88 Å². The largest absolute Gasteiger partial charge is 0.493 e. The van der Waals surface area contributed by atoms with E-state index in [9.17, 15) is 9.67 Å². The van der Waals surface area contributed by atoms with Crippen LogP contribution in [0.2, 0.25) is 0 Å². The fourth-order valence-electron chi connectivity index (χ4n) is 2.23. The lowest BCUT2D eigenvalue weighted by atomic mass is 10.1. The second-order valence-electron chi connectivity index (χ2n) is 5.16. The Morgan fingerprint density at radius 1 is 1.13 bits per heavy atom. The number of benzene rings is 1. The Morgan fingerprint density at radius 3 is 2.22 bits per heavy atom. The minimum absolute atomic E-state index is 0.377. The van der Waals surface area contributed by atoms with Crippen molar-refractivity contribution in [3.8, 4) is 11.5 Å². The van der Waals surface area contributed by atoms with E-state index < -0.39 is 12.9 Å². The van der Waals surface area contributed by atoms with Gasteiger partial charge in [-0.25, -0.2) is 0 Å². The van der Waals surface area contributed by atoms with E-state index in [1.54, 1.807) is 21.1 Å². The van der Waals surface area contributed by atoms with Gasteiger partial charge in [-0.1, -0.05) is 6.07 Å². The Labute approximate surface area is 137 Å². The van der Waals surface area contributed by atoms with Crippen LogP contribution >= 0.6 is 7.60 Å². The molecule has 0 fully saturated rings. The molecular weight excluding hydrogens is 321 g/mol. The van der Waals surface area contributed by atoms with Crippen LogP contribution in [-0.4, -0.2) is 52.0 Å². The molecule has 1 aromatic rings. The van der Waals surface area contributed by atoms with E-state index in [4.69, 9.17) is 18.5 Å². The summed E-state index contributed by atoms with van der Waals surface area (Å²) in [6.07, 6.45) is 0.642. The van der Waals surface area contributed by atoms with Crippen molar-refractivity contribution in [1.82, 2.24) is 5.32 Å². The van der Waals surface area contributed by atoms with E-state index in [-0.39, 0.29) is 6.61 Å². The SMILES string of the molecule is COc1ccc(CCNC(C)(CO)P(=O)(OC)OC)cc1OC. The van der Waals surface area contributed by atoms with Gasteiger partial charge in [0.1, 0.15) is 5.28 Å². The second-order valence-corrected chi connectivity index (χ2v) is 7.87. The van der Waals surface area contributed by atoms with Crippen molar-refractivity contribution in [2.45, 2.75) is 18.6 Å². The van der Waals surface area contributed by atoms with Gasteiger partial charge in [-0.15, -0.1) is 0 Å². The molecule has 0 aliphatic heterocycles. The number of hydrogen-bond acceptors (Lipinski definition) is 7. The molecular formula is C15H26NO6P. The summed E-state index contributed by atoms with van der Waals surface area (Å²) in [6, 6.07) is 5.63. The smallest absolute Gasteiger partial charge is 0.352 e. The van der Waals surface area contributed by atoms with Crippen molar-refractivity contribution >= 4 is 7.60 Å². The number of aliphatic hydroxyl groups is 1. The van der Waals surface area contributed by atoms with Crippen LogP contribution in [0.25, 0.3) is 0 Å². The van der Waals surface area contributed by atoms with Gasteiger partial charge in [0, 0.05) is 20.8 Å². The monoisotopic (exact) mass is 347 g/mol. The lowest BCUT2D eigenvalue weighted by molar-refractivity contribution is 0.174. The molecule has 132 valence electrons. The maximum atomic E-state index is 12.5. The van der Waals surface area contributed by atoms with Crippen molar-refractivity contribution in [2.24, 2.45) is 0 Å². The summed E-state index contributed by atoms with van der Waals surface area (Å²) in [5.74, 6) is 1.31. The van der Waals surface area contributed by atoms with Gasteiger partial charge in [0.15, 0.2) is 11.5 Å². The van der Waals surface area contributed by atoms with E-state index >= 15 is 0 Å². The van der Waals surface area contributed by atoms with Gasteiger partial charge < -0.3 is 23.6 Å². The van der Waals surface area contributed by atoms with Gasteiger partial charge in [0.05, 0.1) is 20.8 Å². The molecule has 1 atom stereocenters. The quantitative estimate of drug-likeness (QED) is 0.626. The summed E-state index contributed by atoms with van der Waals surface area (Å²) in [4.78, 5) is 0. The molecule has 7 nitrogen and oxygen atoms in total. The van der Waals surface area contributed by atoms with E-state index in [0.717, 1.165) is 5.56 Å². The molecule has 8 heteroatoms. The molecule has 1 aromatic carbocycles. The lowest BCUT2D eigenvalue weighted by Gasteiger charge is -2.33. The van der Waals surface area contributed by atoms with Crippen molar-refractivity contribution in [1.29, 1.82) is 0 Å². The third-order valence-corrected chi connectivity index (χ3v) is 6.23. The third kappa shape index (κ3) is 4.46. The summed E-state index contributed by atoms with van der Waals surface area (Å²) < 4.78 is 33.0. The number of hydrogen-bond donors (Lipinski definition) is 2. The van der Waals surface area contributed by atoms with E-state index in [2.05, 4.69) is 5.32 Å². The minimum Gasteiger partial charge on any atom is -0.493 e. The fourth-order valence-corrected chi connectivity index (χ4v) is 3.66. The van der Waals surface area contributed by atoms with E-state index in [1.807, 2.05) is 18.2 Å². The molecule has 0 aliphatic carbocycles. The highest BCUT2D eigenvalue weighted by Crippen LogP contribution is 2.57. The maximum Gasteiger partial charge on any atom is 0.352 e. The zero-order valence-corrected chi connectivity index (χ0v) is 15.2. The highest BCUT2D eigenvalue weighted by atomic mass is 31.2. The molecule has 0 saturated heterocycles. The third-order valence-electron chi connectivity index (χ3n) is 3.76. The summed E-state index contributed by atoms with van der Waals surface area (Å²) >= 11 is 0. The molecule has 0 bridgehead atoms. The van der Waals surface area contributed by atoms with Crippen LogP contribution in [0.15, 0.2) is 18.2 Å². The molecule has 2 N–H and O–H groups in total. The summed E-state index contributed by atoms with van der Waals surface area (Å²) in [5.41, 5.74) is 1.01. The lowest BCUT2D eigenvalue weighted by Crippen LogP contribution is -2.47. The van der Waals surface area contributed by atoms with Gasteiger partial charge >= 0.3 is 7.60 Å².